The van der Waals surface area contributed by atoms with Crippen LogP contribution in [0.1, 0.15) is 106 Å². The number of likely N-dealkylation sites (tertiary alicyclic amines) is 1. The predicted molar refractivity (Wildman–Crippen MR) is 169 cm³/mol. The predicted octanol–water partition coefficient (Wildman–Crippen LogP) is 7.20. The number of amides is 2. The van der Waals surface area contributed by atoms with Gasteiger partial charge in [0.15, 0.2) is 6.23 Å². The molecule has 2 aromatic carbocycles. The lowest BCUT2D eigenvalue weighted by molar-refractivity contribution is -0.119. The van der Waals surface area contributed by atoms with Crippen LogP contribution in [0, 0.1) is 13.3 Å². The fourth-order valence-electron chi connectivity index (χ4n) is 7.99. The highest BCUT2D eigenvalue weighted by atomic mass is 16.5. The summed E-state index contributed by atoms with van der Waals surface area (Å²) in [7, 11) is 0. The number of hydrogen-bond acceptors (Lipinski definition) is 4. The van der Waals surface area contributed by atoms with Crippen LogP contribution in [-0.2, 0) is 11.2 Å². The van der Waals surface area contributed by atoms with Crippen LogP contribution in [0.15, 0.2) is 48.5 Å². The highest BCUT2D eigenvalue weighted by molar-refractivity contribution is 5.97. The van der Waals surface area contributed by atoms with Crippen LogP contribution < -0.4 is 15.0 Å². The molecule has 1 N–H and O–H groups in total. The molecule has 6 nitrogen and oxygen atoms in total. The van der Waals surface area contributed by atoms with Gasteiger partial charge in [0.1, 0.15) is 5.75 Å². The summed E-state index contributed by atoms with van der Waals surface area (Å²) >= 11 is 0. The number of anilines is 1. The number of hydrogen-bond donors (Lipinski definition) is 1. The van der Waals surface area contributed by atoms with Gasteiger partial charge in [0, 0.05) is 42.3 Å². The Morgan fingerprint density at radius 2 is 1.71 bits per heavy atom. The number of carbonyl (C=O) groups is 2. The number of nitrogens with zero attached hydrogens (tertiary/aromatic N) is 2. The molecular formula is C36H49N3O3. The first-order chi connectivity index (χ1) is 20.0. The van der Waals surface area contributed by atoms with Gasteiger partial charge in [-0.15, -0.1) is 0 Å². The molecule has 0 aromatic heterocycles. The van der Waals surface area contributed by atoms with E-state index in [-0.39, 0.29) is 37.0 Å². The molecule has 2 heterocycles. The lowest BCUT2D eigenvalue weighted by atomic mass is 9.67. The summed E-state index contributed by atoms with van der Waals surface area (Å²) < 4.78 is 6.53. The summed E-state index contributed by atoms with van der Waals surface area (Å²) in [5, 5.41) is 3.99. The van der Waals surface area contributed by atoms with E-state index < -0.39 is 0 Å². The molecule has 2 amide bonds. The number of fused-ring (bicyclic) bond motifs is 3. The van der Waals surface area contributed by atoms with Gasteiger partial charge in [0.2, 0.25) is 5.91 Å². The molecule has 2 aromatic rings. The molecule has 226 valence electrons. The zero-order valence-electron chi connectivity index (χ0n) is 25.5. The molecule has 2 bridgehead atoms. The number of carbonyl (C=O) groups excluding carboxylic acids is 2. The fraction of sp³-hybridized carbons (Fsp3) is 0.583. The van der Waals surface area contributed by atoms with Gasteiger partial charge in [-0.05, 0) is 93.2 Å². The molecule has 2 saturated carbocycles. The van der Waals surface area contributed by atoms with Crippen molar-refractivity contribution in [3.05, 3.63) is 67.1 Å². The first-order valence-corrected chi connectivity index (χ1v) is 16.3. The summed E-state index contributed by atoms with van der Waals surface area (Å²) in [6.07, 6.45) is 15.6. The molecule has 2 aliphatic carbocycles. The Morgan fingerprint density at radius 3 is 2.43 bits per heavy atom. The Bertz CT molecular complexity index is 1190. The average molecular weight is 572 g/mol. The second kappa shape index (κ2) is 13.6. The minimum atomic E-state index is 0. The van der Waals surface area contributed by atoms with Gasteiger partial charge in [-0.2, -0.15) is 0 Å². The van der Waals surface area contributed by atoms with E-state index in [2.05, 4.69) is 24.4 Å². The van der Waals surface area contributed by atoms with Gasteiger partial charge < -0.3 is 14.5 Å². The number of nitrogens with one attached hydrogen (secondary N) is 1. The monoisotopic (exact) mass is 571 g/mol. The van der Waals surface area contributed by atoms with Crippen LogP contribution in [-0.4, -0.2) is 47.6 Å². The molecule has 42 heavy (non-hydrogen) atoms. The van der Waals surface area contributed by atoms with Crippen molar-refractivity contribution in [3.8, 4) is 5.75 Å². The Balaban J connectivity index is 0.00000353. The summed E-state index contributed by atoms with van der Waals surface area (Å²) in [6, 6.07) is 16.2. The average Bonchev–Trinajstić information content (AvgIpc) is 3.00. The van der Waals surface area contributed by atoms with Crippen LogP contribution in [0.5, 0.6) is 5.75 Å². The van der Waals surface area contributed by atoms with Gasteiger partial charge in [0.05, 0.1) is 0 Å². The highest BCUT2D eigenvalue weighted by Crippen LogP contribution is 2.43. The van der Waals surface area contributed by atoms with Crippen molar-refractivity contribution < 1.29 is 14.3 Å². The van der Waals surface area contributed by atoms with Crippen molar-refractivity contribution in [1.29, 1.82) is 0 Å². The quantitative estimate of drug-likeness (QED) is 0.324. The molecule has 6 rings (SSSR count). The standard InChI is InChI=1S/C35H47N3O3.CH2/c1-2-3-12-32(36-35-21-6-8-26(25-35)9-7-22-35)41-30-16-13-28(14-17-30)34(40)37-23-19-29(20-24-37)38-31-11-5-4-10-27(31)15-18-33(38)39;/h4-5,10-11,13-14,16-17,26,29,32,36H,2-3,6-9,12,15,18-25H2,1H3;1H2. The molecule has 0 spiro atoms. The summed E-state index contributed by atoms with van der Waals surface area (Å²) in [5.74, 6) is 1.98. The van der Waals surface area contributed by atoms with Crippen molar-refractivity contribution >= 4 is 17.5 Å². The van der Waals surface area contributed by atoms with E-state index in [4.69, 9.17) is 4.74 Å². The molecule has 1 atom stereocenters. The Morgan fingerprint density at radius 1 is 1.00 bits per heavy atom. The number of piperidine rings is 1. The number of aryl methyl sites for hydroxylation is 1. The van der Waals surface area contributed by atoms with Crippen LogP contribution in [0.4, 0.5) is 5.69 Å². The van der Waals surface area contributed by atoms with Gasteiger partial charge in [-0.25, -0.2) is 0 Å². The fourth-order valence-corrected chi connectivity index (χ4v) is 7.99. The van der Waals surface area contributed by atoms with Crippen LogP contribution in [0.25, 0.3) is 0 Å². The number of para-hydroxylation sites is 1. The van der Waals surface area contributed by atoms with Gasteiger partial charge >= 0.3 is 0 Å². The van der Waals surface area contributed by atoms with Crippen molar-refractivity contribution in [2.75, 3.05) is 18.0 Å². The van der Waals surface area contributed by atoms with Crippen LogP contribution >= 0.6 is 0 Å². The zero-order valence-corrected chi connectivity index (χ0v) is 25.5. The van der Waals surface area contributed by atoms with Gasteiger partial charge in [-0.1, -0.05) is 64.7 Å². The lowest BCUT2D eigenvalue weighted by Crippen LogP contribution is -2.56. The van der Waals surface area contributed by atoms with Crippen molar-refractivity contribution in [3.63, 3.8) is 0 Å². The molecule has 1 saturated heterocycles. The van der Waals surface area contributed by atoms with Gasteiger partial charge in [0.25, 0.3) is 5.91 Å². The van der Waals surface area contributed by atoms with Crippen molar-refractivity contribution in [2.24, 2.45) is 5.92 Å². The number of unbranched alkanes of at least 4 members (excludes halogenated alkanes) is 1. The smallest absolute Gasteiger partial charge is 0.253 e. The molecule has 1 unspecified atom stereocenters. The van der Waals surface area contributed by atoms with E-state index in [1.165, 1.54) is 50.5 Å². The third-order valence-corrected chi connectivity index (χ3v) is 10.1. The lowest BCUT2D eigenvalue weighted by Gasteiger charge is -2.47. The van der Waals surface area contributed by atoms with E-state index in [0.29, 0.717) is 25.1 Å². The molecule has 6 heteroatoms. The van der Waals surface area contributed by atoms with E-state index in [9.17, 15) is 9.59 Å². The Labute approximate surface area is 253 Å². The van der Waals surface area contributed by atoms with E-state index in [1.54, 1.807) is 0 Å². The summed E-state index contributed by atoms with van der Waals surface area (Å²) in [5.41, 5.74) is 3.25. The first-order valence-electron chi connectivity index (χ1n) is 16.3. The maximum Gasteiger partial charge on any atom is 0.253 e. The third-order valence-electron chi connectivity index (χ3n) is 10.1. The summed E-state index contributed by atoms with van der Waals surface area (Å²) in [6.45, 7) is 3.57. The normalized spacial score (nSPS) is 24.9. The highest BCUT2D eigenvalue weighted by Gasteiger charge is 2.40. The molecule has 2 aliphatic heterocycles. The third kappa shape index (κ3) is 6.69. The summed E-state index contributed by atoms with van der Waals surface area (Å²) in [4.78, 5) is 30.2. The Hall–Kier alpha value is -2.86. The zero-order chi connectivity index (χ0) is 28.2. The SMILES string of the molecule is CCCCC(NC12CCCC(CCC1)C2)Oc1ccc(C(=O)N2CCC(N3C(=O)CCc4ccccc43)CC2)cc1.[CH2]. The van der Waals surface area contributed by atoms with Gasteiger partial charge in [-0.3, -0.25) is 14.9 Å². The molecule has 2 radical (unpaired) electrons. The minimum absolute atomic E-state index is 0. The maximum atomic E-state index is 13.4. The topological polar surface area (TPSA) is 61.9 Å². The second-order valence-electron chi connectivity index (χ2n) is 13.0. The van der Waals surface area contributed by atoms with Crippen LogP contribution in [0.3, 0.4) is 0 Å². The first kappa shape index (κ1) is 30.6. The van der Waals surface area contributed by atoms with Crippen LogP contribution in [0.2, 0.25) is 0 Å². The van der Waals surface area contributed by atoms with E-state index in [0.717, 1.165) is 55.9 Å². The van der Waals surface area contributed by atoms with E-state index in [1.807, 2.05) is 46.2 Å². The number of benzene rings is 2. The molecule has 4 aliphatic rings. The van der Waals surface area contributed by atoms with E-state index >= 15 is 0 Å². The minimum Gasteiger partial charge on any atom is -0.475 e. The Kier molecular flexibility index (Phi) is 9.92. The second-order valence-corrected chi connectivity index (χ2v) is 13.0. The largest absolute Gasteiger partial charge is 0.475 e. The number of ether oxygens (including phenoxy) is 1. The maximum absolute atomic E-state index is 13.4. The van der Waals surface area contributed by atoms with Crippen molar-refractivity contribution in [1.82, 2.24) is 10.2 Å². The molecular weight excluding hydrogens is 522 g/mol. The van der Waals surface area contributed by atoms with Crippen molar-refractivity contribution in [2.45, 2.75) is 115 Å². The molecule has 3 fully saturated rings. The number of rotatable bonds is 9.